The van der Waals surface area contributed by atoms with E-state index in [0.29, 0.717) is 36.6 Å². The first-order valence-corrected chi connectivity index (χ1v) is 8.13. The number of aromatic amines is 1. The van der Waals surface area contributed by atoms with E-state index in [2.05, 4.69) is 15.2 Å². The van der Waals surface area contributed by atoms with Gasteiger partial charge in [-0.05, 0) is 38.5 Å². The molecule has 132 valence electrons. The number of rotatable bonds is 2. The number of aromatic nitrogens is 3. The molecule has 2 amide bonds. The number of benzene rings is 1. The highest BCUT2D eigenvalue weighted by atomic mass is 19.1. The summed E-state index contributed by atoms with van der Waals surface area (Å²) in [6.07, 6.45) is 0. The Bertz CT molecular complexity index is 819. The van der Waals surface area contributed by atoms with Crippen LogP contribution in [0.5, 0.6) is 0 Å². The lowest BCUT2D eigenvalue weighted by molar-refractivity contribution is 0.0408. The molecule has 1 saturated heterocycles. The summed E-state index contributed by atoms with van der Waals surface area (Å²) in [5, 5.41) is 6.54. The summed E-state index contributed by atoms with van der Waals surface area (Å²) in [6.45, 7) is 6.34. The van der Waals surface area contributed by atoms with Gasteiger partial charge in [0.1, 0.15) is 11.6 Å². The monoisotopic (exact) mass is 345 g/mol. The standard InChI is InChI=1S/C17H20FN5O2/c1-10-9-22(17(25)15-19-12(3)20-21-15)7-8-23(10)16(24)13-5-4-6-14(18)11(13)2/h4-6,10H,7-9H2,1-3H3,(H,19,20,21)/t10-/m0/s1. The third kappa shape index (κ3) is 3.24. The van der Waals surface area contributed by atoms with E-state index in [9.17, 15) is 14.0 Å². The molecule has 8 heteroatoms. The van der Waals surface area contributed by atoms with E-state index in [1.54, 1.807) is 29.7 Å². The minimum absolute atomic E-state index is 0.130. The number of piperazine rings is 1. The fraction of sp³-hybridized carbons (Fsp3) is 0.412. The highest BCUT2D eigenvalue weighted by Gasteiger charge is 2.32. The number of carbonyl (C=O) groups excluding carboxylic acids is 2. The number of halogens is 1. The zero-order valence-corrected chi connectivity index (χ0v) is 14.4. The molecule has 2 aromatic rings. The Balaban J connectivity index is 1.72. The maximum Gasteiger partial charge on any atom is 0.293 e. The number of nitrogens with one attached hydrogen (secondary N) is 1. The molecule has 1 aromatic carbocycles. The molecule has 2 heterocycles. The summed E-state index contributed by atoms with van der Waals surface area (Å²) in [6, 6.07) is 4.31. The minimum atomic E-state index is -0.396. The Morgan fingerprint density at radius 1 is 1.24 bits per heavy atom. The molecule has 0 saturated carbocycles. The molecule has 0 bridgehead atoms. The quantitative estimate of drug-likeness (QED) is 0.895. The normalized spacial score (nSPS) is 17.7. The number of nitrogens with zero attached hydrogens (tertiary/aromatic N) is 4. The molecule has 25 heavy (non-hydrogen) atoms. The molecule has 1 atom stereocenters. The smallest absolute Gasteiger partial charge is 0.293 e. The van der Waals surface area contributed by atoms with Crippen molar-refractivity contribution in [2.45, 2.75) is 26.8 Å². The highest BCUT2D eigenvalue weighted by molar-refractivity contribution is 5.96. The van der Waals surface area contributed by atoms with Crippen LogP contribution in [0.4, 0.5) is 4.39 Å². The number of hydrogen-bond acceptors (Lipinski definition) is 4. The van der Waals surface area contributed by atoms with E-state index >= 15 is 0 Å². The fourth-order valence-corrected chi connectivity index (χ4v) is 3.02. The SMILES string of the molecule is Cc1nc(C(=O)N2CCN(C(=O)c3cccc(F)c3C)[C@@H](C)C2)n[nH]1. The number of hydrogen-bond donors (Lipinski definition) is 1. The van der Waals surface area contributed by atoms with Gasteiger partial charge in [-0.2, -0.15) is 0 Å². The maximum atomic E-state index is 13.7. The number of H-pyrrole nitrogens is 1. The van der Waals surface area contributed by atoms with Crippen LogP contribution in [0.1, 0.15) is 39.3 Å². The van der Waals surface area contributed by atoms with Gasteiger partial charge in [0.15, 0.2) is 0 Å². The van der Waals surface area contributed by atoms with Gasteiger partial charge < -0.3 is 9.80 Å². The van der Waals surface area contributed by atoms with Crippen LogP contribution >= 0.6 is 0 Å². The Labute approximate surface area is 144 Å². The van der Waals surface area contributed by atoms with Gasteiger partial charge in [0.05, 0.1) is 0 Å². The van der Waals surface area contributed by atoms with E-state index in [-0.39, 0.29) is 23.7 Å². The molecule has 0 radical (unpaired) electrons. The van der Waals surface area contributed by atoms with Crippen LogP contribution in [-0.2, 0) is 0 Å². The Morgan fingerprint density at radius 3 is 2.64 bits per heavy atom. The van der Waals surface area contributed by atoms with Crippen molar-refractivity contribution in [3.05, 3.63) is 46.8 Å². The zero-order valence-electron chi connectivity index (χ0n) is 14.4. The van der Waals surface area contributed by atoms with Gasteiger partial charge >= 0.3 is 0 Å². The zero-order chi connectivity index (χ0) is 18.1. The molecular weight excluding hydrogens is 325 g/mol. The summed E-state index contributed by atoms with van der Waals surface area (Å²) in [7, 11) is 0. The lowest BCUT2D eigenvalue weighted by atomic mass is 10.0. The maximum absolute atomic E-state index is 13.7. The second kappa shape index (κ2) is 6.62. The molecule has 0 spiro atoms. The van der Waals surface area contributed by atoms with Crippen molar-refractivity contribution in [1.29, 1.82) is 0 Å². The van der Waals surface area contributed by atoms with Crippen molar-refractivity contribution in [3.8, 4) is 0 Å². The highest BCUT2D eigenvalue weighted by Crippen LogP contribution is 2.19. The molecule has 7 nitrogen and oxygen atoms in total. The predicted molar refractivity (Wildman–Crippen MR) is 88.7 cm³/mol. The van der Waals surface area contributed by atoms with Crippen molar-refractivity contribution >= 4 is 11.8 Å². The molecule has 3 rings (SSSR count). The number of carbonyl (C=O) groups is 2. The Kier molecular flexibility index (Phi) is 4.52. The average Bonchev–Trinajstić information content (AvgIpc) is 3.02. The van der Waals surface area contributed by atoms with Crippen LogP contribution in [0.15, 0.2) is 18.2 Å². The van der Waals surface area contributed by atoms with Gasteiger partial charge in [0, 0.05) is 31.2 Å². The predicted octanol–water partition coefficient (Wildman–Crippen LogP) is 1.55. The van der Waals surface area contributed by atoms with Crippen LogP contribution in [-0.4, -0.2) is 62.5 Å². The first-order chi connectivity index (χ1) is 11.9. The molecule has 1 fully saturated rings. The molecule has 1 aromatic heterocycles. The summed E-state index contributed by atoms with van der Waals surface area (Å²) < 4.78 is 13.7. The van der Waals surface area contributed by atoms with Crippen molar-refractivity contribution < 1.29 is 14.0 Å². The third-order valence-corrected chi connectivity index (χ3v) is 4.46. The van der Waals surface area contributed by atoms with Crippen molar-refractivity contribution in [1.82, 2.24) is 25.0 Å². The largest absolute Gasteiger partial charge is 0.332 e. The topological polar surface area (TPSA) is 82.2 Å². The first-order valence-electron chi connectivity index (χ1n) is 8.13. The van der Waals surface area contributed by atoms with Crippen LogP contribution in [0.2, 0.25) is 0 Å². The third-order valence-electron chi connectivity index (χ3n) is 4.46. The van der Waals surface area contributed by atoms with E-state index in [4.69, 9.17) is 0 Å². The van der Waals surface area contributed by atoms with Crippen LogP contribution < -0.4 is 0 Å². The van der Waals surface area contributed by atoms with Crippen LogP contribution in [0, 0.1) is 19.7 Å². The lowest BCUT2D eigenvalue weighted by Gasteiger charge is -2.39. The lowest BCUT2D eigenvalue weighted by Crippen LogP contribution is -2.55. The van der Waals surface area contributed by atoms with E-state index in [1.807, 2.05) is 6.92 Å². The molecule has 1 aliphatic rings. The van der Waals surface area contributed by atoms with Gasteiger partial charge in [-0.15, -0.1) is 5.10 Å². The summed E-state index contributed by atoms with van der Waals surface area (Å²) in [4.78, 5) is 32.6. The van der Waals surface area contributed by atoms with E-state index < -0.39 is 5.82 Å². The summed E-state index contributed by atoms with van der Waals surface area (Å²) >= 11 is 0. The molecular formula is C17H20FN5O2. The van der Waals surface area contributed by atoms with Crippen molar-refractivity contribution in [3.63, 3.8) is 0 Å². The number of aryl methyl sites for hydroxylation is 1. The summed E-state index contributed by atoms with van der Waals surface area (Å²) in [5.74, 6) is -0.167. The van der Waals surface area contributed by atoms with E-state index in [0.717, 1.165) is 0 Å². The van der Waals surface area contributed by atoms with Crippen molar-refractivity contribution in [2.24, 2.45) is 0 Å². The molecule has 0 aliphatic carbocycles. The fourth-order valence-electron chi connectivity index (χ4n) is 3.02. The molecule has 0 unspecified atom stereocenters. The molecule has 1 N–H and O–H groups in total. The Hall–Kier alpha value is -2.77. The van der Waals surface area contributed by atoms with Gasteiger partial charge in [0.25, 0.3) is 11.8 Å². The van der Waals surface area contributed by atoms with Gasteiger partial charge in [-0.25, -0.2) is 9.37 Å². The van der Waals surface area contributed by atoms with Crippen molar-refractivity contribution in [2.75, 3.05) is 19.6 Å². The van der Waals surface area contributed by atoms with E-state index in [1.165, 1.54) is 12.1 Å². The second-order valence-corrected chi connectivity index (χ2v) is 6.26. The Morgan fingerprint density at radius 2 is 2.00 bits per heavy atom. The van der Waals surface area contributed by atoms with Crippen LogP contribution in [0.3, 0.4) is 0 Å². The van der Waals surface area contributed by atoms with Gasteiger partial charge in [0.2, 0.25) is 5.82 Å². The summed E-state index contributed by atoms with van der Waals surface area (Å²) in [5.41, 5.74) is 0.700. The second-order valence-electron chi connectivity index (χ2n) is 6.26. The van der Waals surface area contributed by atoms with Gasteiger partial charge in [-0.3, -0.25) is 14.7 Å². The number of amides is 2. The first kappa shape index (κ1) is 17.1. The van der Waals surface area contributed by atoms with Gasteiger partial charge in [-0.1, -0.05) is 6.07 Å². The minimum Gasteiger partial charge on any atom is -0.332 e. The van der Waals surface area contributed by atoms with Crippen LogP contribution in [0.25, 0.3) is 0 Å². The average molecular weight is 345 g/mol. The molecule has 1 aliphatic heterocycles.